The van der Waals surface area contributed by atoms with Gasteiger partial charge in [0.2, 0.25) is 0 Å². The first-order chi connectivity index (χ1) is 9.80. The quantitative estimate of drug-likeness (QED) is 0.850. The van der Waals surface area contributed by atoms with Crippen LogP contribution in [-0.2, 0) is 0 Å². The van der Waals surface area contributed by atoms with Gasteiger partial charge in [-0.15, -0.1) is 11.3 Å². The fourth-order valence-electron chi connectivity index (χ4n) is 2.07. The van der Waals surface area contributed by atoms with E-state index in [1.807, 2.05) is 23.8 Å². The van der Waals surface area contributed by atoms with Crippen LogP contribution in [0.4, 0.5) is 0 Å². The second-order valence-corrected chi connectivity index (χ2v) is 5.32. The third kappa shape index (κ3) is 3.29. The third-order valence-electron chi connectivity index (χ3n) is 3.08. The minimum Gasteiger partial charge on any atom is -0.493 e. The molecule has 20 heavy (non-hydrogen) atoms. The molecule has 0 aliphatic heterocycles. The van der Waals surface area contributed by atoms with E-state index in [0.717, 1.165) is 30.0 Å². The molecule has 0 spiro atoms. The minimum absolute atomic E-state index is 0.141. The van der Waals surface area contributed by atoms with E-state index in [1.54, 1.807) is 25.6 Å². The van der Waals surface area contributed by atoms with Crippen LogP contribution in [0.15, 0.2) is 29.9 Å². The normalized spacial score (nSPS) is 12.2. The largest absolute Gasteiger partial charge is 0.493 e. The maximum atomic E-state index is 5.38. The molecule has 0 amide bonds. The Labute approximate surface area is 123 Å². The predicted octanol–water partition coefficient (Wildman–Crippen LogP) is 3.25. The minimum atomic E-state index is 0.141. The first-order valence-electron chi connectivity index (χ1n) is 6.63. The van der Waals surface area contributed by atoms with Crippen molar-refractivity contribution in [2.24, 2.45) is 0 Å². The van der Waals surface area contributed by atoms with E-state index < -0.39 is 0 Å². The Morgan fingerprint density at radius 3 is 2.65 bits per heavy atom. The third-order valence-corrected chi connectivity index (χ3v) is 3.92. The first-order valence-corrected chi connectivity index (χ1v) is 7.51. The maximum absolute atomic E-state index is 5.38. The number of benzene rings is 1. The van der Waals surface area contributed by atoms with E-state index in [4.69, 9.17) is 9.47 Å². The molecule has 0 aliphatic rings. The summed E-state index contributed by atoms with van der Waals surface area (Å²) in [5.74, 6) is 1.49. The molecule has 0 fully saturated rings. The topological polar surface area (TPSA) is 43.4 Å². The summed E-state index contributed by atoms with van der Waals surface area (Å²) in [4.78, 5) is 5.38. The SMILES string of the molecule is CCCNC(c1ccc(OC)c(OC)c1)c1cncs1. The van der Waals surface area contributed by atoms with Crippen LogP contribution in [0.5, 0.6) is 11.5 Å². The number of thiazole rings is 1. The number of hydrogen-bond acceptors (Lipinski definition) is 5. The van der Waals surface area contributed by atoms with Crippen LogP contribution in [0.3, 0.4) is 0 Å². The summed E-state index contributed by atoms with van der Waals surface area (Å²) in [7, 11) is 3.30. The fourth-order valence-corrected chi connectivity index (χ4v) is 2.79. The maximum Gasteiger partial charge on any atom is 0.161 e. The fraction of sp³-hybridized carbons (Fsp3) is 0.400. The van der Waals surface area contributed by atoms with Gasteiger partial charge in [-0.25, -0.2) is 0 Å². The van der Waals surface area contributed by atoms with Crippen molar-refractivity contribution >= 4 is 11.3 Å². The number of methoxy groups -OCH3 is 2. The standard InChI is InChI=1S/C15H20N2O2S/c1-4-7-17-15(14-9-16-10-20-14)11-5-6-12(18-2)13(8-11)19-3/h5-6,8-10,15,17H,4,7H2,1-3H3. The van der Waals surface area contributed by atoms with Crippen molar-refractivity contribution in [1.82, 2.24) is 10.3 Å². The Hall–Kier alpha value is -1.59. The molecule has 0 saturated heterocycles. The molecule has 1 N–H and O–H groups in total. The summed E-state index contributed by atoms with van der Waals surface area (Å²) in [5.41, 5.74) is 3.01. The highest BCUT2D eigenvalue weighted by molar-refractivity contribution is 7.09. The second-order valence-electron chi connectivity index (χ2n) is 4.41. The van der Waals surface area contributed by atoms with Gasteiger partial charge < -0.3 is 14.8 Å². The van der Waals surface area contributed by atoms with Crippen molar-refractivity contribution in [2.75, 3.05) is 20.8 Å². The molecule has 2 aromatic rings. The zero-order chi connectivity index (χ0) is 14.4. The molecule has 1 heterocycles. The van der Waals surface area contributed by atoms with Crippen molar-refractivity contribution in [3.8, 4) is 11.5 Å². The lowest BCUT2D eigenvalue weighted by Crippen LogP contribution is -2.22. The monoisotopic (exact) mass is 292 g/mol. The van der Waals surface area contributed by atoms with Crippen molar-refractivity contribution in [3.63, 3.8) is 0 Å². The molecule has 0 saturated carbocycles. The molecule has 1 aromatic heterocycles. The van der Waals surface area contributed by atoms with Gasteiger partial charge in [0.15, 0.2) is 11.5 Å². The Morgan fingerprint density at radius 2 is 2.05 bits per heavy atom. The van der Waals surface area contributed by atoms with Gasteiger partial charge in [-0.05, 0) is 30.7 Å². The lowest BCUT2D eigenvalue weighted by atomic mass is 10.0. The number of nitrogens with one attached hydrogen (secondary N) is 1. The molecule has 1 aromatic carbocycles. The molecule has 0 bridgehead atoms. The molecule has 108 valence electrons. The zero-order valence-corrected chi connectivity index (χ0v) is 12.9. The van der Waals surface area contributed by atoms with E-state index >= 15 is 0 Å². The summed E-state index contributed by atoms with van der Waals surface area (Å²) in [6, 6.07) is 6.16. The van der Waals surface area contributed by atoms with E-state index in [0.29, 0.717) is 0 Å². The summed E-state index contributed by atoms with van der Waals surface area (Å²) in [6.07, 6.45) is 3.00. The highest BCUT2D eigenvalue weighted by atomic mass is 32.1. The number of ether oxygens (including phenoxy) is 2. The van der Waals surface area contributed by atoms with Gasteiger partial charge in [-0.3, -0.25) is 4.98 Å². The van der Waals surface area contributed by atoms with Crippen molar-refractivity contribution in [2.45, 2.75) is 19.4 Å². The molecule has 1 unspecified atom stereocenters. The Morgan fingerprint density at radius 1 is 1.25 bits per heavy atom. The number of rotatable bonds is 7. The summed E-state index contributed by atoms with van der Waals surface area (Å²) in [5, 5.41) is 3.55. The van der Waals surface area contributed by atoms with Crippen LogP contribution >= 0.6 is 11.3 Å². The van der Waals surface area contributed by atoms with Gasteiger partial charge in [-0.1, -0.05) is 13.0 Å². The lowest BCUT2D eigenvalue weighted by Gasteiger charge is -2.19. The van der Waals surface area contributed by atoms with Crippen LogP contribution in [0.2, 0.25) is 0 Å². The average Bonchev–Trinajstić information content (AvgIpc) is 3.01. The molecular formula is C15H20N2O2S. The van der Waals surface area contributed by atoms with Crippen molar-refractivity contribution in [1.29, 1.82) is 0 Å². The van der Waals surface area contributed by atoms with Crippen LogP contribution < -0.4 is 14.8 Å². The van der Waals surface area contributed by atoms with Gasteiger partial charge in [0.1, 0.15) is 0 Å². The van der Waals surface area contributed by atoms with E-state index in [2.05, 4.69) is 23.3 Å². The smallest absolute Gasteiger partial charge is 0.161 e. The van der Waals surface area contributed by atoms with Gasteiger partial charge in [0.25, 0.3) is 0 Å². The highest BCUT2D eigenvalue weighted by Crippen LogP contribution is 2.33. The molecule has 2 rings (SSSR count). The van der Waals surface area contributed by atoms with Crippen molar-refractivity contribution < 1.29 is 9.47 Å². The Bertz CT molecular complexity index is 529. The van der Waals surface area contributed by atoms with E-state index in [1.165, 1.54) is 4.88 Å². The van der Waals surface area contributed by atoms with Gasteiger partial charge >= 0.3 is 0 Å². The first kappa shape index (κ1) is 14.8. The van der Waals surface area contributed by atoms with Crippen molar-refractivity contribution in [3.05, 3.63) is 40.3 Å². The Balaban J connectivity index is 2.33. The van der Waals surface area contributed by atoms with E-state index in [9.17, 15) is 0 Å². The Kier molecular flexibility index (Phi) is 5.38. The molecule has 0 radical (unpaired) electrons. The number of aromatic nitrogens is 1. The summed E-state index contributed by atoms with van der Waals surface area (Å²) < 4.78 is 10.7. The predicted molar refractivity (Wildman–Crippen MR) is 81.8 cm³/mol. The van der Waals surface area contributed by atoms with Crippen LogP contribution in [0.1, 0.15) is 29.8 Å². The van der Waals surface area contributed by atoms with Gasteiger partial charge in [0, 0.05) is 11.1 Å². The summed E-state index contributed by atoms with van der Waals surface area (Å²) in [6.45, 7) is 3.11. The highest BCUT2D eigenvalue weighted by Gasteiger charge is 2.17. The molecule has 0 aliphatic carbocycles. The average molecular weight is 292 g/mol. The van der Waals surface area contributed by atoms with Crippen LogP contribution in [0.25, 0.3) is 0 Å². The molecule has 5 heteroatoms. The van der Waals surface area contributed by atoms with Gasteiger partial charge in [-0.2, -0.15) is 0 Å². The zero-order valence-electron chi connectivity index (χ0n) is 12.1. The number of nitrogens with zero attached hydrogens (tertiary/aromatic N) is 1. The van der Waals surface area contributed by atoms with Crippen LogP contribution in [0, 0.1) is 0 Å². The van der Waals surface area contributed by atoms with E-state index in [-0.39, 0.29) is 6.04 Å². The van der Waals surface area contributed by atoms with Crippen LogP contribution in [-0.4, -0.2) is 25.7 Å². The second kappa shape index (κ2) is 7.26. The molecule has 1 atom stereocenters. The molecular weight excluding hydrogens is 272 g/mol. The number of hydrogen-bond donors (Lipinski definition) is 1. The van der Waals surface area contributed by atoms with Gasteiger partial charge in [0.05, 0.1) is 25.8 Å². The molecule has 4 nitrogen and oxygen atoms in total. The lowest BCUT2D eigenvalue weighted by molar-refractivity contribution is 0.354. The summed E-state index contributed by atoms with van der Waals surface area (Å²) >= 11 is 1.65.